The van der Waals surface area contributed by atoms with E-state index in [4.69, 9.17) is 5.73 Å². The summed E-state index contributed by atoms with van der Waals surface area (Å²) in [4.78, 5) is 108. The largest absolute Gasteiger partial charge is 0.481 e. The van der Waals surface area contributed by atoms with Crippen molar-refractivity contribution in [2.45, 2.75) is 109 Å². The highest BCUT2D eigenvalue weighted by Gasteiger charge is 2.35. The Balaban J connectivity index is 2.08. The van der Waals surface area contributed by atoms with Crippen molar-refractivity contribution in [3.05, 3.63) is 36.0 Å². The second-order valence-corrected chi connectivity index (χ2v) is 13.8. The molecule has 0 spiro atoms. The monoisotopic (exact) mass is 726 g/mol. The van der Waals surface area contributed by atoms with Crippen molar-refractivity contribution >= 4 is 58.2 Å². The molecule has 1 aromatic carbocycles. The van der Waals surface area contributed by atoms with Crippen LogP contribution in [0.2, 0.25) is 0 Å². The number of hydrogen-bond acceptors (Lipinski definition) is 8. The number of nitrogens with two attached hydrogens (primary N) is 1. The smallest absolute Gasteiger partial charge is 0.303 e. The minimum atomic E-state index is -1.49. The molecular weight excluding hydrogens is 676 g/mol. The number of carboxylic acids is 1. The molecule has 0 unspecified atom stereocenters. The van der Waals surface area contributed by atoms with E-state index in [0.29, 0.717) is 5.56 Å². The zero-order chi connectivity index (χ0) is 38.7. The van der Waals surface area contributed by atoms with Crippen LogP contribution in [0, 0.1) is 11.8 Å². The highest BCUT2D eigenvalue weighted by molar-refractivity contribution is 5.98. The summed E-state index contributed by atoms with van der Waals surface area (Å²) < 4.78 is 0. The standard InChI is InChI=1S/C35H50N8O9/c1-17(2)14-25-33(50)41-26(15-20-16-37-22-9-7-6-8-21(20)22)34(51)40-24(11-13-28(45)46)32(49)39-23(30(36)47)10-12-27(44)38-19(5)31(48)43-29(18(3)4)35(52)42-25/h6-9,16-19,23-26,29,37H,10-15H2,1-5H3,(H2,36,47)(H,38,44)(H,39,49)(H,40,51)(H,41,50)(H,42,52)(H,43,48)(H,45,46)/t19-,23-,24+,25-,26+,29+/m0/s1. The van der Waals surface area contributed by atoms with Crippen LogP contribution >= 0.6 is 0 Å². The number of carbonyl (C=O) groups is 8. The van der Waals surface area contributed by atoms with E-state index in [1.807, 2.05) is 32.0 Å². The van der Waals surface area contributed by atoms with E-state index in [1.165, 1.54) is 6.92 Å². The van der Waals surface area contributed by atoms with Crippen LogP contribution < -0.4 is 37.6 Å². The van der Waals surface area contributed by atoms with Crippen molar-refractivity contribution in [1.82, 2.24) is 36.9 Å². The number of rotatable bonds is 9. The van der Waals surface area contributed by atoms with Crippen molar-refractivity contribution in [2.24, 2.45) is 17.6 Å². The van der Waals surface area contributed by atoms with Crippen LogP contribution in [0.4, 0.5) is 0 Å². The van der Waals surface area contributed by atoms with Crippen molar-refractivity contribution in [3.63, 3.8) is 0 Å². The lowest BCUT2D eigenvalue weighted by Gasteiger charge is -2.29. The zero-order valence-corrected chi connectivity index (χ0v) is 30.0. The molecule has 0 aliphatic carbocycles. The Hall–Kier alpha value is -5.48. The predicted octanol–water partition coefficient (Wildman–Crippen LogP) is -0.515. The van der Waals surface area contributed by atoms with Crippen LogP contribution in [0.5, 0.6) is 0 Å². The van der Waals surface area contributed by atoms with E-state index in [1.54, 1.807) is 26.1 Å². The molecule has 17 nitrogen and oxygen atoms in total. The van der Waals surface area contributed by atoms with E-state index < -0.39 is 95.9 Å². The van der Waals surface area contributed by atoms with Gasteiger partial charge in [-0.15, -0.1) is 0 Å². The molecule has 3 rings (SSSR count). The lowest BCUT2D eigenvalue weighted by atomic mass is 9.98. The SMILES string of the molecule is CC(C)C[C@@H]1NC(=O)[C@@H](C(C)C)NC(=O)[C@H](C)NC(=O)CC[C@@H](C(N)=O)NC(=O)[C@@H](CCC(=O)O)NC(=O)[C@@H](Cc2c[nH]c3ccccc23)NC1=O. The Morgan fingerprint density at radius 3 is 2.06 bits per heavy atom. The molecule has 1 aliphatic heterocycles. The number of carboxylic acid groups (broad SMARTS) is 1. The second kappa shape index (κ2) is 18.7. The number of H-pyrrole nitrogens is 1. The topological polar surface area (TPSA) is 271 Å². The molecule has 52 heavy (non-hydrogen) atoms. The van der Waals surface area contributed by atoms with Gasteiger partial charge in [0.2, 0.25) is 41.4 Å². The fourth-order valence-corrected chi connectivity index (χ4v) is 5.80. The van der Waals surface area contributed by atoms with Gasteiger partial charge in [-0.1, -0.05) is 45.9 Å². The fourth-order valence-electron chi connectivity index (χ4n) is 5.80. The Morgan fingerprint density at radius 2 is 1.42 bits per heavy atom. The molecule has 2 heterocycles. The maximum absolute atomic E-state index is 14.0. The summed E-state index contributed by atoms with van der Waals surface area (Å²) in [6.07, 6.45) is 0.202. The van der Waals surface area contributed by atoms with Crippen molar-refractivity contribution < 1.29 is 43.5 Å². The summed E-state index contributed by atoms with van der Waals surface area (Å²) in [7, 11) is 0. The number of fused-ring (bicyclic) bond motifs is 1. The molecule has 10 N–H and O–H groups in total. The molecular formula is C35H50N8O9. The third-order valence-electron chi connectivity index (χ3n) is 8.69. The van der Waals surface area contributed by atoms with E-state index in [0.717, 1.165) is 10.9 Å². The molecule has 1 fully saturated rings. The van der Waals surface area contributed by atoms with Gasteiger partial charge in [0.15, 0.2) is 0 Å². The number of benzene rings is 1. The number of aromatic amines is 1. The summed E-state index contributed by atoms with van der Waals surface area (Å²) in [5.74, 6) is -7.30. The molecule has 0 saturated carbocycles. The van der Waals surface area contributed by atoms with Gasteiger partial charge >= 0.3 is 5.97 Å². The molecule has 1 aromatic heterocycles. The van der Waals surface area contributed by atoms with Crippen LogP contribution in [-0.4, -0.2) is 93.7 Å². The summed E-state index contributed by atoms with van der Waals surface area (Å²) in [6.45, 7) is 8.47. The van der Waals surface area contributed by atoms with Crippen LogP contribution in [0.3, 0.4) is 0 Å². The number of aromatic nitrogens is 1. The number of hydrogen-bond donors (Lipinski definition) is 9. The molecule has 1 saturated heterocycles. The first-order valence-corrected chi connectivity index (χ1v) is 17.3. The summed E-state index contributed by atoms with van der Waals surface area (Å²) in [5.41, 5.74) is 6.92. The maximum Gasteiger partial charge on any atom is 0.303 e. The van der Waals surface area contributed by atoms with E-state index in [2.05, 4.69) is 36.9 Å². The molecule has 0 bridgehead atoms. The molecule has 1 aliphatic rings. The first-order valence-electron chi connectivity index (χ1n) is 17.3. The van der Waals surface area contributed by atoms with Gasteiger partial charge in [0, 0.05) is 36.4 Å². The first kappa shape index (κ1) is 40.9. The van der Waals surface area contributed by atoms with Gasteiger partial charge in [-0.2, -0.15) is 0 Å². The van der Waals surface area contributed by atoms with E-state index in [9.17, 15) is 43.5 Å². The lowest BCUT2D eigenvalue weighted by molar-refractivity contribution is -0.138. The summed E-state index contributed by atoms with van der Waals surface area (Å²) in [5, 5.41) is 25.6. The van der Waals surface area contributed by atoms with Gasteiger partial charge in [0.25, 0.3) is 0 Å². The van der Waals surface area contributed by atoms with Gasteiger partial charge in [0.05, 0.1) is 0 Å². The first-order chi connectivity index (χ1) is 24.5. The minimum Gasteiger partial charge on any atom is -0.481 e. The van der Waals surface area contributed by atoms with Gasteiger partial charge in [-0.05, 0) is 49.7 Å². The Labute approximate surface area is 301 Å². The number of carbonyl (C=O) groups excluding carboxylic acids is 7. The average Bonchev–Trinajstić information content (AvgIpc) is 3.47. The van der Waals surface area contributed by atoms with Crippen molar-refractivity contribution in [2.75, 3.05) is 0 Å². The number of primary amides is 1. The predicted molar refractivity (Wildman–Crippen MR) is 189 cm³/mol. The molecule has 7 amide bonds. The third-order valence-corrected chi connectivity index (χ3v) is 8.69. The molecule has 0 radical (unpaired) electrons. The van der Waals surface area contributed by atoms with Crippen LogP contribution in [0.15, 0.2) is 30.5 Å². The highest BCUT2D eigenvalue weighted by atomic mass is 16.4. The molecule has 2 aromatic rings. The van der Waals surface area contributed by atoms with E-state index >= 15 is 0 Å². The molecule has 17 heteroatoms. The quantitative estimate of drug-likeness (QED) is 0.161. The van der Waals surface area contributed by atoms with E-state index in [-0.39, 0.29) is 38.0 Å². The molecule has 6 atom stereocenters. The Kier molecular flexibility index (Phi) is 14.7. The Morgan fingerprint density at radius 1 is 0.808 bits per heavy atom. The van der Waals surface area contributed by atoms with Crippen LogP contribution in [0.1, 0.15) is 72.3 Å². The van der Waals surface area contributed by atoms with Crippen LogP contribution in [-0.2, 0) is 44.8 Å². The number of amides is 7. The normalized spacial score (nSPS) is 24.7. The van der Waals surface area contributed by atoms with Gasteiger partial charge in [-0.3, -0.25) is 38.4 Å². The van der Waals surface area contributed by atoms with Crippen molar-refractivity contribution in [1.29, 1.82) is 0 Å². The van der Waals surface area contributed by atoms with Gasteiger partial charge in [-0.25, -0.2) is 0 Å². The van der Waals surface area contributed by atoms with Crippen molar-refractivity contribution in [3.8, 4) is 0 Å². The molecule has 284 valence electrons. The lowest BCUT2D eigenvalue weighted by Crippen LogP contribution is -2.61. The second-order valence-electron chi connectivity index (χ2n) is 13.8. The fraction of sp³-hybridized carbons (Fsp3) is 0.543. The summed E-state index contributed by atoms with van der Waals surface area (Å²) in [6, 6.07) is -0.316. The van der Waals surface area contributed by atoms with Gasteiger partial charge in [0.1, 0.15) is 36.3 Å². The minimum absolute atomic E-state index is 0.0706. The third kappa shape index (κ3) is 11.8. The highest BCUT2D eigenvalue weighted by Crippen LogP contribution is 2.20. The zero-order valence-electron chi connectivity index (χ0n) is 30.0. The Bertz CT molecular complexity index is 1660. The van der Waals surface area contributed by atoms with Crippen LogP contribution in [0.25, 0.3) is 10.9 Å². The summed E-state index contributed by atoms with van der Waals surface area (Å²) >= 11 is 0. The number of para-hydroxylation sites is 1. The van der Waals surface area contributed by atoms with Gasteiger partial charge < -0.3 is 47.7 Å². The maximum atomic E-state index is 14.0. The number of aliphatic carboxylic acids is 1. The number of nitrogens with one attached hydrogen (secondary N) is 7. The average molecular weight is 727 g/mol.